The van der Waals surface area contributed by atoms with Crippen LogP contribution >= 0.6 is 0 Å². The van der Waals surface area contributed by atoms with Gasteiger partial charge in [-0.05, 0) is 12.8 Å². The van der Waals surface area contributed by atoms with Crippen LogP contribution in [-0.2, 0) is 9.47 Å². The molecule has 0 saturated heterocycles. The van der Waals surface area contributed by atoms with Crippen molar-refractivity contribution < 1.29 is 14.6 Å². The van der Waals surface area contributed by atoms with Crippen LogP contribution in [0.25, 0.3) is 0 Å². The van der Waals surface area contributed by atoms with E-state index in [0.29, 0.717) is 26.4 Å². The minimum absolute atomic E-state index is 0.413. The number of aliphatic hydroxyl groups excluding tert-OH is 1. The van der Waals surface area contributed by atoms with Gasteiger partial charge in [0.25, 0.3) is 0 Å². The summed E-state index contributed by atoms with van der Waals surface area (Å²) in [5.74, 6) is 0. The Morgan fingerprint density at radius 2 is 2.00 bits per heavy atom. The van der Waals surface area contributed by atoms with Crippen LogP contribution in [0.15, 0.2) is 12.7 Å². The smallest absolute Gasteiger partial charge is 0.0897 e. The number of ether oxygens (including phenoxy) is 2. The Kier molecular flexibility index (Phi) is 15.3. The summed E-state index contributed by atoms with van der Waals surface area (Å²) >= 11 is 0. The van der Waals surface area contributed by atoms with Crippen LogP contribution in [0.1, 0.15) is 39.0 Å². The maximum Gasteiger partial charge on any atom is 0.0897 e. The predicted octanol–water partition coefficient (Wildman–Crippen LogP) is 2.13. The number of unbranched alkanes of at least 4 members (excludes halogenated alkanes) is 3. The quantitative estimate of drug-likeness (QED) is 0.354. The highest BCUT2D eigenvalue weighted by Crippen LogP contribution is 1.99. The van der Waals surface area contributed by atoms with E-state index in [1.54, 1.807) is 0 Å². The van der Waals surface area contributed by atoms with E-state index in [2.05, 4.69) is 18.8 Å². The van der Waals surface area contributed by atoms with E-state index in [0.717, 1.165) is 26.0 Å². The van der Waals surface area contributed by atoms with E-state index in [9.17, 15) is 5.11 Å². The fourth-order valence-corrected chi connectivity index (χ4v) is 1.59. The number of aliphatic hydroxyl groups is 1. The van der Waals surface area contributed by atoms with Crippen molar-refractivity contribution in [3.63, 3.8) is 0 Å². The summed E-state index contributed by atoms with van der Waals surface area (Å²) in [7, 11) is 0. The monoisotopic (exact) mass is 273 g/mol. The molecule has 0 spiro atoms. The summed E-state index contributed by atoms with van der Waals surface area (Å²) in [6.45, 7) is 9.68. The van der Waals surface area contributed by atoms with Crippen molar-refractivity contribution >= 4 is 0 Å². The van der Waals surface area contributed by atoms with E-state index in [-0.39, 0.29) is 0 Å². The zero-order chi connectivity index (χ0) is 14.2. The molecule has 0 amide bonds. The molecule has 19 heavy (non-hydrogen) atoms. The predicted molar refractivity (Wildman–Crippen MR) is 79.5 cm³/mol. The van der Waals surface area contributed by atoms with Crippen LogP contribution in [0, 0.1) is 0 Å². The molecule has 0 radical (unpaired) electrons. The molecule has 0 aliphatic rings. The molecule has 4 nitrogen and oxygen atoms in total. The molecule has 1 atom stereocenters. The summed E-state index contributed by atoms with van der Waals surface area (Å²) in [5.41, 5.74) is 0. The molecule has 0 aliphatic heterocycles. The molecule has 0 rings (SSSR count). The first-order valence-corrected chi connectivity index (χ1v) is 7.46. The molecule has 4 heteroatoms. The molecule has 114 valence electrons. The Balaban J connectivity index is 3.12. The highest BCUT2D eigenvalue weighted by atomic mass is 16.5. The first kappa shape index (κ1) is 18.6. The molecule has 0 fully saturated rings. The lowest BCUT2D eigenvalue weighted by Gasteiger charge is -2.12. The van der Waals surface area contributed by atoms with Gasteiger partial charge in [0.2, 0.25) is 0 Å². The van der Waals surface area contributed by atoms with Gasteiger partial charge in [0.05, 0.1) is 25.9 Å². The Labute approximate surface area is 118 Å². The van der Waals surface area contributed by atoms with Gasteiger partial charge in [-0.15, -0.1) is 6.58 Å². The molecule has 1 unspecified atom stereocenters. The summed E-state index contributed by atoms with van der Waals surface area (Å²) < 4.78 is 10.8. The molecule has 0 bridgehead atoms. The summed E-state index contributed by atoms with van der Waals surface area (Å²) in [4.78, 5) is 0. The van der Waals surface area contributed by atoms with Gasteiger partial charge in [0.15, 0.2) is 0 Å². The van der Waals surface area contributed by atoms with Crippen LogP contribution in [-0.4, -0.2) is 50.7 Å². The first-order chi connectivity index (χ1) is 9.31. The van der Waals surface area contributed by atoms with Gasteiger partial charge in [-0.1, -0.05) is 32.3 Å². The fraction of sp³-hybridized carbons (Fsp3) is 0.867. The molecular formula is C15H31NO3. The lowest BCUT2D eigenvalue weighted by molar-refractivity contribution is 0.0343. The number of hydrogen-bond donors (Lipinski definition) is 2. The van der Waals surface area contributed by atoms with Crippen molar-refractivity contribution in [1.82, 2.24) is 5.32 Å². The SMILES string of the molecule is C=CCCOCCNCC(O)COCCCCCC. The maximum atomic E-state index is 9.65. The van der Waals surface area contributed by atoms with E-state index in [4.69, 9.17) is 9.47 Å². The van der Waals surface area contributed by atoms with Crippen molar-refractivity contribution in [2.75, 3.05) is 39.5 Å². The van der Waals surface area contributed by atoms with Crippen LogP contribution in [0.2, 0.25) is 0 Å². The molecule has 0 aliphatic carbocycles. The first-order valence-electron chi connectivity index (χ1n) is 7.46. The summed E-state index contributed by atoms with van der Waals surface area (Å²) in [6, 6.07) is 0. The molecule has 0 aromatic heterocycles. The second-order valence-corrected chi connectivity index (χ2v) is 4.68. The van der Waals surface area contributed by atoms with Gasteiger partial charge in [0, 0.05) is 19.7 Å². The molecule has 2 N–H and O–H groups in total. The number of nitrogens with one attached hydrogen (secondary N) is 1. The van der Waals surface area contributed by atoms with Gasteiger partial charge in [-0.2, -0.15) is 0 Å². The highest BCUT2D eigenvalue weighted by Gasteiger charge is 2.03. The van der Waals surface area contributed by atoms with Crippen molar-refractivity contribution in [2.45, 2.75) is 45.1 Å². The Bertz CT molecular complexity index is 188. The van der Waals surface area contributed by atoms with Crippen LogP contribution in [0.4, 0.5) is 0 Å². The van der Waals surface area contributed by atoms with Crippen LogP contribution in [0.5, 0.6) is 0 Å². The fourth-order valence-electron chi connectivity index (χ4n) is 1.59. The minimum Gasteiger partial charge on any atom is -0.389 e. The van der Waals surface area contributed by atoms with E-state index in [1.165, 1.54) is 19.3 Å². The topological polar surface area (TPSA) is 50.7 Å². The largest absolute Gasteiger partial charge is 0.389 e. The molecule has 0 saturated carbocycles. The second kappa shape index (κ2) is 15.6. The van der Waals surface area contributed by atoms with Gasteiger partial charge < -0.3 is 19.9 Å². The standard InChI is InChI=1S/C15H31NO3/c1-3-5-7-8-11-19-14-15(17)13-16-9-12-18-10-6-4-2/h4,15-17H,2-3,5-14H2,1H3. The lowest BCUT2D eigenvalue weighted by Crippen LogP contribution is -2.32. The minimum atomic E-state index is -0.431. The van der Waals surface area contributed by atoms with Crippen molar-refractivity contribution in [3.05, 3.63) is 12.7 Å². The normalized spacial score (nSPS) is 12.5. The maximum absolute atomic E-state index is 9.65. The van der Waals surface area contributed by atoms with Gasteiger partial charge >= 0.3 is 0 Å². The van der Waals surface area contributed by atoms with Crippen molar-refractivity contribution in [2.24, 2.45) is 0 Å². The zero-order valence-corrected chi connectivity index (χ0v) is 12.4. The van der Waals surface area contributed by atoms with Gasteiger partial charge in [-0.25, -0.2) is 0 Å². The highest BCUT2D eigenvalue weighted by molar-refractivity contribution is 4.64. The van der Waals surface area contributed by atoms with E-state index < -0.39 is 6.10 Å². The van der Waals surface area contributed by atoms with Gasteiger partial charge in [-0.3, -0.25) is 0 Å². The van der Waals surface area contributed by atoms with Crippen LogP contribution < -0.4 is 5.32 Å². The average Bonchev–Trinajstić information content (AvgIpc) is 2.41. The van der Waals surface area contributed by atoms with E-state index >= 15 is 0 Å². The Hall–Kier alpha value is -0.420. The lowest BCUT2D eigenvalue weighted by atomic mass is 10.2. The molecule has 0 heterocycles. The average molecular weight is 273 g/mol. The molecule has 0 aromatic carbocycles. The summed E-state index contributed by atoms with van der Waals surface area (Å²) in [5, 5.41) is 12.8. The third-order valence-corrected chi connectivity index (χ3v) is 2.72. The van der Waals surface area contributed by atoms with Crippen molar-refractivity contribution in [1.29, 1.82) is 0 Å². The van der Waals surface area contributed by atoms with Crippen LogP contribution in [0.3, 0.4) is 0 Å². The number of hydrogen-bond acceptors (Lipinski definition) is 4. The third-order valence-electron chi connectivity index (χ3n) is 2.72. The summed E-state index contributed by atoms with van der Waals surface area (Å²) in [6.07, 6.45) is 7.10. The van der Waals surface area contributed by atoms with E-state index in [1.807, 2.05) is 6.08 Å². The van der Waals surface area contributed by atoms with Crippen molar-refractivity contribution in [3.8, 4) is 0 Å². The zero-order valence-electron chi connectivity index (χ0n) is 12.4. The third kappa shape index (κ3) is 15.5. The van der Waals surface area contributed by atoms with Gasteiger partial charge in [0.1, 0.15) is 0 Å². The Morgan fingerprint density at radius 1 is 1.16 bits per heavy atom. The second-order valence-electron chi connectivity index (χ2n) is 4.68. The number of rotatable bonds is 15. The molecule has 0 aromatic rings. The Morgan fingerprint density at radius 3 is 2.74 bits per heavy atom. The molecular weight excluding hydrogens is 242 g/mol.